The summed E-state index contributed by atoms with van der Waals surface area (Å²) in [7, 11) is 0. The topological polar surface area (TPSA) is 21.3 Å². The third kappa shape index (κ3) is 2.04. The molecule has 2 nitrogen and oxygen atoms in total. The van der Waals surface area contributed by atoms with Crippen molar-refractivity contribution in [3.63, 3.8) is 0 Å². The molecule has 1 aliphatic rings. The van der Waals surface area contributed by atoms with E-state index in [4.69, 9.17) is 16.3 Å². The van der Waals surface area contributed by atoms with Crippen LogP contribution in [-0.4, -0.2) is 6.04 Å². The van der Waals surface area contributed by atoms with Crippen LogP contribution in [0, 0.1) is 0 Å². The van der Waals surface area contributed by atoms with Crippen LogP contribution in [0.15, 0.2) is 48.5 Å². The van der Waals surface area contributed by atoms with E-state index in [1.807, 2.05) is 48.5 Å². The largest absolute Gasteiger partial charge is 0.481 e. The molecule has 0 radical (unpaired) electrons. The quantitative estimate of drug-likeness (QED) is 0.826. The van der Waals surface area contributed by atoms with Gasteiger partial charge in [0.15, 0.2) is 0 Å². The highest BCUT2D eigenvalue weighted by Crippen LogP contribution is 2.37. The molecule has 1 N–H and O–H groups in total. The first-order chi connectivity index (χ1) is 8.74. The molecule has 0 saturated carbocycles. The number of para-hydroxylation sites is 2. The van der Waals surface area contributed by atoms with Crippen LogP contribution in [0.25, 0.3) is 0 Å². The molecular weight excluding hydrogens is 246 g/mol. The van der Waals surface area contributed by atoms with Gasteiger partial charge in [0.2, 0.25) is 0 Å². The van der Waals surface area contributed by atoms with Gasteiger partial charge in [-0.3, -0.25) is 0 Å². The van der Waals surface area contributed by atoms with Crippen molar-refractivity contribution in [1.29, 1.82) is 0 Å². The van der Waals surface area contributed by atoms with Crippen LogP contribution in [0.5, 0.6) is 5.75 Å². The molecule has 2 aromatic rings. The molecule has 0 bridgehead atoms. The van der Waals surface area contributed by atoms with E-state index in [9.17, 15) is 0 Å². The van der Waals surface area contributed by atoms with Crippen LogP contribution < -0.4 is 10.1 Å². The van der Waals surface area contributed by atoms with Gasteiger partial charge < -0.3 is 10.1 Å². The smallest absolute Gasteiger partial charge is 0.144 e. The minimum atomic E-state index is 0.0113. The highest BCUT2D eigenvalue weighted by Gasteiger charge is 2.27. The molecule has 0 aliphatic carbocycles. The summed E-state index contributed by atoms with van der Waals surface area (Å²) in [6.07, 6.45) is 0.0113. The Morgan fingerprint density at radius 3 is 2.56 bits per heavy atom. The summed E-state index contributed by atoms with van der Waals surface area (Å²) < 4.78 is 6.06. The Labute approximate surface area is 112 Å². The molecule has 0 amide bonds. The SMILES string of the molecule is CC1Nc2ccccc2OC1c1ccc(Cl)cc1. The van der Waals surface area contributed by atoms with E-state index in [2.05, 4.69) is 12.2 Å². The minimum Gasteiger partial charge on any atom is -0.481 e. The molecule has 0 spiro atoms. The summed E-state index contributed by atoms with van der Waals surface area (Å²) in [5, 5.41) is 4.21. The number of ether oxygens (including phenoxy) is 1. The molecule has 2 atom stereocenters. The van der Waals surface area contributed by atoms with Crippen LogP contribution in [0.4, 0.5) is 5.69 Å². The highest BCUT2D eigenvalue weighted by molar-refractivity contribution is 6.30. The van der Waals surface area contributed by atoms with E-state index in [1.165, 1.54) is 0 Å². The van der Waals surface area contributed by atoms with E-state index in [1.54, 1.807) is 0 Å². The van der Waals surface area contributed by atoms with E-state index in [-0.39, 0.29) is 12.1 Å². The van der Waals surface area contributed by atoms with Gasteiger partial charge in [0.05, 0.1) is 11.7 Å². The third-order valence-corrected chi connectivity index (χ3v) is 3.43. The minimum absolute atomic E-state index is 0.0113. The second-order valence-electron chi connectivity index (χ2n) is 4.52. The lowest BCUT2D eigenvalue weighted by Gasteiger charge is -2.33. The van der Waals surface area contributed by atoms with Gasteiger partial charge in [0.25, 0.3) is 0 Å². The van der Waals surface area contributed by atoms with Gasteiger partial charge in [-0.25, -0.2) is 0 Å². The predicted molar refractivity (Wildman–Crippen MR) is 74.3 cm³/mol. The van der Waals surface area contributed by atoms with E-state index >= 15 is 0 Å². The standard InChI is InChI=1S/C15H14ClNO/c1-10-15(11-6-8-12(16)9-7-11)18-14-5-3-2-4-13(14)17-10/h2-10,15,17H,1H3. The number of hydrogen-bond acceptors (Lipinski definition) is 2. The molecule has 18 heavy (non-hydrogen) atoms. The summed E-state index contributed by atoms with van der Waals surface area (Å²) >= 11 is 5.91. The summed E-state index contributed by atoms with van der Waals surface area (Å²) in [4.78, 5) is 0. The Balaban J connectivity index is 1.93. The number of halogens is 1. The van der Waals surface area contributed by atoms with Crippen molar-refractivity contribution in [2.75, 3.05) is 5.32 Å². The van der Waals surface area contributed by atoms with E-state index in [0.29, 0.717) is 0 Å². The Kier molecular flexibility index (Phi) is 2.88. The van der Waals surface area contributed by atoms with Crippen LogP contribution in [0.1, 0.15) is 18.6 Å². The lowest BCUT2D eigenvalue weighted by molar-refractivity contribution is 0.177. The first-order valence-electron chi connectivity index (χ1n) is 6.02. The molecule has 3 heteroatoms. The van der Waals surface area contributed by atoms with Gasteiger partial charge in [-0.1, -0.05) is 35.9 Å². The number of benzene rings is 2. The summed E-state index contributed by atoms with van der Waals surface area (Å²) in [5.41, 5.74) is 2.18. The molecule has 0 fully saturated rings. The van der Waals surface area contributed by atoms with Crippen molar-refractivity contribution in [1.82, 2.24) is 0 Å². The highest BCUT2D eigenvalue weighted by atomic mass is 35.5. The fourth-order valence-corrected chi connectivity index (χ4v) is 2.38. The van der Waals surface area contributed by atoms with Gasteiger partial charge >= 0.3 is 0 Å². The van der Waals surface area contributed by atoms with Crippen LogP contribution >= 0.6 is 11.6 Å². The maximum atomic E-state index is 6.06. The molecule has 0 saturated heterocycles. The molecule has 92 valence electrons. The summed E-state index contributed by atoms with van der Waals surface area (Å²) in [6, 6.07) is 16.0. The van der Waals surface area contributed by atoms with Crippen LogP contribution in [-0.2, 0) is 0 Å². The second kappa shape index (κ2) is 4.54. The zero-order chi connectivity index (χ0) is 12.5. The Morgan fingerprint density at radius 1 is 1.06 bits per heavy atom. The number of fused-ring (bicyclic) bond motifs is 1. The fourth-order valence-electron chi connectivity index (χ4n) is 2.26. The van der Waals surface area contributed by atoms with Gasteiger partial charge in [-0.15, -0.1) is 0 Å². The first-order valence-corrected chi connectivity index (χ1v) is 6.39. The molecule has 2 unspecified atom stereocenters. The zero-order valence-electron chi connectivity index (χ0n) is 10.1. The molecule has 1 aliphatic heterocycles. The summed E-state index contributed by atoms with van der Waals surface area (Å²) in [5.74, 6) is 0.899. The lowest BCUT2D eigenvalue weighted by Crippen LogP contribution is -2.32. The van der Waals surface area contributed by atoms with Gasteiger partial charge in [-0.05, 0) is 36.8 Å². The molecule has 0 aromatic heterocycles. The van der Waals surface area contributed by atoms with Crippen molar-refractivity contribution in [3.05, 3.63) is 59.1 Å². The number of anilines is 1. The van der Waals surface area contributed by atoms with Crippen LogP contribution in [0.2, 0.25) is 5.02 Å². The zero-order valence-corrected chi connectivity index (χ0v) is 10.8. The monoisotopic (exact) mass is 259 g/mol. The van der Waals surface area contributed by atoms with Gasteiger partial charge in [0.1, 0.15) is 11.9 Å². The Hall–Kier alpha value is -1.67. The fraction of sp³-hybridized carbons (Fsp3) is 0.200. The molecule has 3 rings (SSSR count). The molecule has 2 aromatic carbocycles. The van der Waals surface area contributed by atoms with Crippen molar-refractivity contribution in [2.45, 2.75) is 19.1 Å². The van der Waals surface area contributed by atoms with Crippen molar-refractivity contribution in [3.8, 4) is 5.75 Å². The average Bonchev–Trinajstić information content (AvgIpc) is 2.39. The number of hydrogen-bond donors (Lipinski definition) is 1. The maximum absolute atomic E-state index is 6.06. The number of nitrogens with one attached hydrogen (secondary N) is 1. The predicted octanol–water partition coefficient (Wildman–Crippen LogP) is 4.27. The van der Waals surface area contributed by atoms with E-state index < -0.39 is 0 Å². The molecular formula is C15H14ClNO. The number of rotatable bonds is 1. The summed E-state index contributed by atoms with van der Waals surface area (Å²) in [6.45, 7) is 2.12. The van der Waals surface area contributed by atoms with Crippen molar-refractivity contribution >= 4 is 17.3 Å². The van der Waals surface area contributed by atoms with Gasteiger partial charge in [0, 0.05) is 5.02 Å². The van der Waals surface area contributed by atoms with Gasteiger partial charge in [-0.2, -0.15) is 0 Å². The van der Waals surface area contributed by atoms with E-state index in [0.717, 1.165) is 22.0 Å². The van der Waals surface area contributed by atoms with Crippen molar-refractivity contribution in [2.24, 2.45) is 0 Å². The Bertz CT molecular complexity index is 553. The normalized spacial score (nSPS) is 21.7. The first kappa shape index (κ1) is 11.4. The van der Waals surface area contributed by atoms with Crippen LogP contribution in [0.3, 0.4) is 0 Å². The second-order valence-corrected chi connectivity index (χ2v) is 4.96. The Morgan fingerprint density at radius 2 is 1.78 bits per heavy atom. The lowest BCUT2D eigenvalue weighted by atomic mass is 10.0. The maximum Gasteiger partial charge on any atom is 0.144 e. The third-order valence-electron chi connectivity index (χ3n) is 3.18. The molecule has 1 heterocycles. The average molecular weight is 260 g/mol. The van der Waals surface area contributed by atoms with Crippen molar-refractivity contribution < 1.29 is 4.74 Å².